The molecule has 1 aromatic heterocycles. The molecule has 0 radical (unpaired) electrons. The van der Waals surface area contributed by atoms with Crippen molar-refractivity contribution >= 4 is 5.78 Å². The zero-order valence-corrected chi connectivity index (χ0v) is 7.95. The van der Waals surface area contributed by atoms with Gasteiger partial charge in [0.25, 0.3) is 0 Å². The molecule has 0 aliphatic carbocycles. The molecular weight excluding hydrogens is 162 g/mol. The molecule has 2 heteroatoms. The van der Waals surface area contributed by atoms with Gasteiger partial charge >= 0.3 is 0 Å². The van der Waals surface area contributed by atoms with E-state index < -0.39 is 0 Å². The van der Waals surface area contributed by atoms with Gasteiger partial charge < -0.3 is 0 Å². The minimum Gasteiger partial charge on any atom is -0.294 e. The van der Waals surface area contributed by atoms with Crippen LogP contribution < -0.4 is 0 Å². The monoisotopic (exact) mass is 175 g/mol. The van der Waals surface area contributed by atoms with E-state index in [-0.39, 0.29) is 5.78 Å². The third-order valence-corrected chi connectivity index (χ3v) is 1.68. The predicted octanol–water partition coefficient (Wildman–Crippen LogP) is 2.62. The first-order valence-electron chi connectivity index (χ1n) is 4.27. The van der Waals surface area contributed by atoms with E-state index in [0.717, 1.165) is 5.57 Å². The van der Waals surface area contributed by atoms with Crippen molar-refractivity contribution in [1.29, 1.82) is 0 Å². The molecule has 0 aromatic carbocycles. The van der Waals surface area contributed by atoms with Crippen LogP contribution >= 0.6 is 0 Å². The molecule has 0 unspecified atom stereocenters. The highest BCUT2D eigenvalue weighted by molar-refractivity contribution is 5.96. The Kier molecular flexibility index (Phi) is 3.38. The Hall–Kier alpha value is -1.44. The van der Waals surface area contributed by atoms with Gasteiger partial charge in [-0.15, -0.1) is 0 Å². The molecule has 0 N–H and O–H groups in total. The number of pyridine rings is 1. The van der Waals surface area contributed by atoms with E-state index >= 15 is 0 Å². The quantitative estimate of drug-likeness (QED) is 0.522. The van der Waals surface area contributed by atoms with Gasteiger partial charge in [-0.2, -0.15) is 0 Å². The van der Waals surface area contributed by atoms with Crippen molar-refractivity contribution in [3.05, 3.63) is 41.7 Å². The number of carbonyl (C=O) groups is 1. The fourth-order valence-electron chi connectivity index (χ4n) is 0.942. The van der Waals surface area contributed by atoms with Crippen LogP contribution in [0.2, 0.25) is 0 Å². The van der Waals surface area contributed by atoms with Crippen LogP contribution in [0.3, 0.4) is 0 Å². The number of rotatable bonds is 3. The molecule has 1 rings (SSSR count). The van der Waals surface area contributed by atoms with Crippen LogP contribution in [-0.4, -0.2) is 10.8 Å². The summed E-state index contributed by atoms with van der Waals surface area (Å²) in [6, 6.07) is 3.56. The van der Waals surface area contributed by atoms with Crippen LogP contribution in [0, 0.1) is 0 Å². The van der Waals surface area contributed by atoms with Gasteiger partial charge in [-0.1, -0.05) is 11.6 Å². The Balaban J connectivity index is 2.65. The lowest BCUT2D eigenvalue weighted by molar-refractivity contribution is 0.0995. The second kappa shape index (κ2) is 4.55. The molecule has 0 amide bonds. The average Bonchev–Trinajstić information content (AvgIpc) is 2.15. The summed E-state index contributed by atoms with van der Waals surface area (Å²) in [7, 11) is 0. The smallest absolute Gasteiger partial charge is 0.168 e. The van der Waals surface area contributed by atoms with E-state index in [9.17, 15) is 4.79 Å². The second-order valence-electron chi connectivity index (χ2n) is 3.15. The largest absolute Gasteiger partial charge is 0.294 e. The summed E-state index contributed by atoms with van der Waals surface area (Å²) in [6.07, 6.45) is 5.65. The summed E-state index contributed by atoms with van der Waals surface area (Å²) in [5.41, 5.74) is 1.84. The van der Waals surface area contributed by atoms with Crippen LogP contribution in [0.1, 0.15) is 30.6 Å². The van der Waals surface area contributed by atoms with Gasteiger partial charge in [-0.3, -0.25) is 9.78 Å². The number of hydrogen-bond acceptors (Lipinski definition) is 2. The fourth-order valence-corrected chi connectivity index (χ4v) is 0.942. The first-order valence-corrected chi connectivity index (χ1v) is 4.27. The van der Waals surface area contributed by atoms with E-state index in [4.69, 9.17) is 0 Å². The molecule has 13 heavy (non-hydrogen) atoms. The number of Topliss-reactive ketones (excluding diaryl/α,β-unsaturated/α-hetero) is 1. The van der Waals surface area contributed by atoms with Crippen molar-refractivity contribution in [2.45, 2.75) is 20.3 Å². The predicted molar refractivity (Wildman–Crippen MR) is 52.6 cm³/mol. The molecule has 0 aliphatic rings. The van der Waals surface area contributed by atoms with Crippen molar-refractivity contribution in [3.63, 3.8) is 0 Å². The fraction of sp³-hybridized carbons (Fsp3) is 0.273. The maximum absolute atomic E-state index is 11.5. The lowest BCUT2D eigenvalue weighted by Gasteiger charge is -1.95. The van der Waals surface area contributed by atoms with Crippen molar-refractivity contribution in [3.8, 4) is 0 Å². The Bertz CT molecular complexity index is 310. The van der Waals surface area contributed by atoms with Crippen LogP contribution in [0.25, 0.3) is 0 Å². The Morgan fingerprint density at radius 3 is 2.85 bits per heavy atom. The maximum atomic E-state index is 11.5. The highest BCUT2D eigenvalue weighted by atomic mass is 16.1. The summed E-state index contributed by atoms with van der Waals surface area (Å²) in [4.78, 5) is 15.4. The van der Waals surface area contributed by atoms with Gasteiger partial charge in [0, 0.05) is 24.4 Å². The van der Waals surface area contributed by atoms with E-state index in [1.54, 1.807) is 24.5 Å². The number of nitrogens with zero attached hydrogens (tertiary/aromatic N) is 1. The first-order chi connectivity index (χ1) is 6.20. The van der Waals surface area contributed by atoms with Crippen molar-refractivity contribution in [1.82, 2.24) is 4.98 Å². The third-order valence-electron chi connectivity index (χ3n) is 1.68. The summed E-state index contributed by atoms with van der Waals surface area (Å²) >= 11 is 0. The Morgan fingerprint density at radius 2 is 2.31 bits per heavy atom. The zero-order valence-electron chi connectivity index (χ0n) is 7.95. The van der Waals surface area contributed by atoms with Crippen LogP contribution in [0.5, 0.6) is 0 Å². The lowest BCUT2D eigenvalue weighted by atomic mass is 10.1. The van der Waals surface area contributed by atoms with Crippen LogP contribution in [-0.2, 0) is 0 Å². The van der Waals surface area contributed by atoms with Gasteiger partial charge in [-0.25, -0.2) is 0 Å². The van der Waals surface area contributed by atoms with Gasteiger partial charge in [0.15, 0.2) is 5.78 Å². The van der Waals surface area contributed by atoms with E-state index in [2.05, 4.69) is 4.98 Å². The molecule has 68 valence electrons. The number of hydrogen-bond donors (Lipinski definition) is 0. The van der Waals surface area contributed by atoms with E-state index in [0.29, 0.717) is 12.0 Å². The molecule has 1 aromatic rings. The van der Waals surface area contributed by atoms with E-state index in [1.165, 1.54) is 0 Å². The molecular formula is C11H13NO. The number of aromatic nitrogens is 1. The summed E-state index contributed by atoms with van der Waals surface area (Å²) < 4.78 is 0. The van der Waals surface area contributed by atoms with Crippen molar-refractivity contribution < 1.29 is 4.79 Å². The third kappa shape index (κ3) is 3.20. The normalized spacial score (nSPS) is 9.38. The molecule has 1 heterocycles. The van der Waals surface area contributed by atoms with Gasteiger partial charge in [0.05, 0.1) is 0 Å². The maximum Gasteiger partial charge on any atom is 0.168 e. The molecule has 0 saturated carbocycles. The Morgan fingerprint density at radius 1 is 1.54 bits per heavy atom. The Labute approximate surface area is 78.3 Å². The second-order valence-corrected chi connectivity index (χ2v) is 3.15. The van der Waals surface area contributed by atoms with Crippen LogP contribution in [0.4, 0.5) is 0 Å². The molecule has 0 atom stereocenters. The summed E-state index contributed by atoms with van der Waals surface area (Å²) in [5, 5.41) is 0. The lowest BCUT2D eigenvalue weighted by Crippen LogP contribution is -1.97. The SMILES string of the molecule is CC(C)=CCC(=O)c1cccnc1. The standard InChI is InChI=1S/C11H13NO/c1-9(2)5-6-11(13)10-4-3-7-12-8-10/h3-5,7-8H,6H2,1-2H3. The highest BCUT2D eigenvalue weighted by Crippen LogP contribution is 2.03. The molecule has 0 saturated heterocycles. The molecule has 0 aliphatic heterocycles. The van der Waals surface area contributed by atoms with Gasteiger partial charge in [-0.05, 0) is 26.0 Å². The van der Waals surface area contributed by atoms with Crippen LogP contribution in [0.15, 0.2) is 36.2 Å². The number of ketones is 1. The summed E-state index contributed by atoms with van der Waals surface area (Å²) in [5.74, 6) is 0.120. The molecule has 0 spiro atoms. The number of carbonyl (C=O) groups excluding carboxylic acids is 1. The highest BCUT2D eigenvalue weighted by Gasteiger charge is 2.01. The van der Waals surface area contributed by atoms with Crippen molar-refractivity contribution in [2.24, 2.45) is 0 Å². The minimum atomic E-state index is 0.120. The molecule has 0 bridgehead atoms. The molecule has 2 nitrogen and oxygen atoms in total. The molecule has 0 fully saturated rings. The zero-order chi connectivity index (χ0) is 9.68. The minimum absolute atomic E-state index is 0.120. The number of allylic oxidation sites excluding steroid dienone is 2. The van der Waals surface area contributed by atoms with Crippen molar-refractivity contribution in [2.75, 3.05) is 0 Å². The topological polar surface area (TPSA) is 30.0 Å². The average molecular weight is 175 g/mol. The van der Waals surface area contributed by atoms with Gasteiger partial charge in [0.1, 0.15) is 0 Å². The first kappa shape index (κ1) is 9.65. The van der Waals surface area contributed by atoms with E-state index in [1.807, 2.05) is 19.9 Å². The summed E-state index contributed by atoms with van der Waals surface area (Å²) in [6.45, 7) is 3.97. The van der Waals surface area contributed by atoms with Gasteiger partial charge in [0.2, 0.25) is 0 Å².